The molecule has 0 amide bonds. The third-order valence-electron chi connectivity index (χ3n) is 3.41. The van der Waals surface area contributed by atoms with E-state index in [0.29, 0.717) is 16.2 Å². The summed E-state index contributed by atoms with van der Waals surface area (Å²) in [7, 11) is 1.47. The van der Waals surface area contributed by atoms with Crippen molar-refractivity contribution < 1.29 is 12.3 Å². The molecule has 1 aromatic heterocycles. The fraction of sp³-hybridized carbons (Fsp3) is 0.167. The molecule has 0 spiro atoms. The van der Waals surface area contributed by atoms with Gasteiger partial charge >= 0.3 is 0 Å². The van der Waals surface area contributed by atoms with E-state index in [4.69, 9.17) is 7.48 Å². The standard InChI is InChI=1S/C18H16O2S/c1-20-14-9-10-15(18(19)17-8-5-11-21-17)16(12-14)13-6-3-2-4-7-13/h2-11,16H,12H2,1H3/t16-/m0/s1/i9D,12D/t12?,16-. The quantitative estimate of drug-likeness (QED) is 0.773. The Labute approximate surface area is 131 Å². The third-order valence-corrected chi connectivity index (χ3v) is 4.28. The van der Waals surface area contributed by atoms with Gasteiger partial charge in [0.15, 0.2) is 5.78 Å². The van der Waals surface area contributed by atoms with E-state index >= 15 is 0 Å². The van der Waals surface area contributed by atoms with Gasteiger partial charge in [0.1, 0.15) is 0 Å². The second-order valence-electron chi connectivity index (χ2n) is 4.67. The Morgan fingerprint density at radius 2 is 2.14 bits per heavy atom. The molecule has 1 aromatic carbocycles. The number of rotatable bonds is 4. The number of thiophene rings is 1. The van der Waals surface area contributed by atoms with E-state index in [0.717, 1.165) is 5.56 Å². The zero-order valence-electron chi connectivity index (χ0n) is 13.6. The summed E-state index contributed by atoms with van der Waals surface area (Å²) in [6.07, 6.45) is 0.739. The van der Waals surface area contributed by atoms with Gasteiger partial charge in [-0.3, -0.25) is 4.79 Å². The highest BCUT2D eigenvalue weighted by atomic mass is 32.1. The van der Waals surface area contributed by atoms with Gasteiger partial charge in [0.25, 0.3) is 0 Å². The Balaban J connectivity index is 2.11. The van der Waals surface area contributed by atoms with Crippen LogP contribution in [0.1, 0.15) is 30.3 Å². The second-order valence-corrected chi connectivity index (χ2v) is 5.62. The lowest BCUT2D eigenvalue weighted by atomic mass is 9.82. The van der Waals surface area contributed by atoms with E-state index in [1.165, 1.54) is 18.4 Å². The van der Waals surface area contributed by atoms with Crippen molar-refractivity contribution in [2.24, 2.45) is 0 Å². The van der Waals surface area contributed by atoms with Crippen LogP contribution in [0.25, 0.3) is 0 Å². The molecule has 0 saturated heterocycles. The average Bonchev–Trinajstić information content (AvgIpc) is 3.09. The molecule has 106 valence electrons. The SMILES string of the molecule is [2H]C1=C(OC)C([2H])[C@@H](c2ccccc2)C(C(=O)c2cccs2)=C1. The predicted octanol–water partition coefficient (Wildman–Crippen LogP) is 4.58. The molecule has 2 nitrogen and oxygen atoms in total. The Morgan fingerprint density at radius 1 is 1.33 bits per heavy atom. The molecule has 21 heavy (non-hydrogen) atoms. The zero-order valence-corrected chi connectivity index (χ0v) is 12.4. The molecule has 0 radical (unpaired) electrons. The van der Waals surface area contributed by atoms with Gasteiger partial charge in [0.2, 0.25) is 0 Å². The van der Waals surface area contributed by atoms with Crippen molar-refractivity contribution in [1.29, 1.82) is 0 Å². The molecular formula is C18H16O2S. The molecule has 0 saturated carbocycles. The number of allylic oxidation sites excluding steroid dienone is 4. The van der Waals surface area contributed by atoms with Crippen LogP contribution in [0.15, 0.2) is 71.3 Å². The van der Waals surface area contributed by atoms with Crippen LogP contribution in [0.2, 0.25) is 0 Å². The lowest BCUT2D eigenvalue weighted by molar-refractivity contribution is 0.102. The Hall–Kier alpha value is -2.13. The molecule has 3 heteroatoms. The smallest absolute Gasteiger partial charge is 0.199 e. The van der Waals surface area contributed by atoms with Gasteiger partial charge in [0, 0.05) is 19.3 Å². The Morgan fingerprint density at radius 3 is 2.81 bits per heavy atom. The Kier molecular flexibility index (Phi) is 3.35. The molecule has 1 aliphatic rings. The van der Waals surface area contributed by atoms with Crippen molar-refractivity contribution in [3.8, 4) is 0 Å². The van der Waals surface area contributed by atoms with E-state index in [9.17, 15) is 4.79 Å². The van der Waals surface area contributed by atoms with Crippen LogP contribution < -0.4 is 0 Å². The van der Waals surface area contributed by atoms with Crippen molar-refractivity contribution in [3.63, 3.8) is 0 Å². The molecule has 2 atom stereocenters. The number of carbonyl (C=O) groups is 1. The highest BCUT2D eigenvalue weighted by molar-refractivity contribution is 7.12. The van der Waals surface area contributed by atoms with Crippen LogP contribution in [0, 0.1) is 0 Å². The summed E-state index contributed by atoms with van der Waals surface area (Å²) in [4.78, 5) is 13.5. The summed E-state index contributed by atoms with van der Waals surface area (Å²) < 4.78 is 21.8. The molecule has 0 fully saturated rings. The van der Waals surface area contributed by atoms with Crippen LogP contribution in [0.4, 0.5) is 0 Å². The number of methoxy groups -OCH3 is 1. The second kappa shape index (κ2) is 6.10. The first-order valence-electron chi connectivity index (χ1n) is 7.73. The minimum Gasteiger partial charge on any atom is -0.501 e. The number of carbonyl (C=O) groups excluding carboxylic acids is 1. The van der Waals surface area contributed by atoms with Gasteiger partial charge < -0.3 is 4.74 Å². The van der Waals surface area contributed by atoms with Gasteiger partial charge in [0.05, 0.1) is 19.1 Å². The first-order valence-corrected chi connectivity index (χ1v) is 7.53. The maximum absolute atomic E-state index is 12.8. The lowest BCUT2D eigenvalue weighted by Crippen LogP contribution is -2.15. The number of benzene rings is 1. The van der Waals surface area contributed by atoms with E-state index in [1.54, 1.807) is 12.1 Å². The summed E-state index contributed by atoms with van der Waals surface area (Å²) in [6.45, 7) is 0. The van der Waals surface area contributed by atoms with E-state index in [-0.39, 0.29) is 11.8 Å². The zero-order chi connectivity index (χ0) is 16.4. The van der Waals surface area contributed by atoms with Gasteiger partial charge in [-0.15, -0.1) is 11.3 Å². The van der Waals surface area contributed by atoms with Gasteiger partial charge in [-0.2, -0.15) is 0 Å². The van der Waals surface area contributed by atoms with Gasteiger partial charge in [-0.1, -0.05) is 42.5 Å². The third kappa shape index (κ3) is 2.83. The average molecular weight is 298 g/mol. The van der Waals surface area contributed by atoms with Crippen molar-refractivity contribution in [2.75, 3.05) is 7.11 Å². The number of hydrogen-bond donors (Lipinski definition) is 0. The lowest BCUT2D eigenvalue weighted by Gasteiger charge is -2.24. The number of Topliss-reactive ketones (excluding diaryl/α,β-unsaturated/α-hetero) is 1. The van der Waals surface area contributed by atoms with Crippen molar-refractivity contribution in [1.82, 2.24) is 0 Å². The molecule has 2 aromatic rings. The highest BCUT2D eigenvalue weighted by Crippen LogP contribution is 2.36. The molecule has 0 aliphatic heterocycles. The number of ketones is 1. The molecule has 0 bridgehead atoms. The van der Waals surface area contributed by atoms with Crippen LogP contribution in [-0.2, 0) is 4.74 Å². The first kappa shape index (κ1) is 11.5. The number of ether oxygens (including phenoxy) is 1. The first-order chi connectivity index (χ1) is 11.1. The van der Waals surface area contributed by atoms with Crippen LogP contribution in [0.3, 0.4) is 0 Å². The summed E-state index contributed by atoms with van der Waals surface area (Å²) in [5.41, 5.74) is 1.36. The molecule has 3 rings (SSSR count). The highest BCUT2D eigenvalue weighted by Gasteiger charge is 2.27. The van der Waals surface area contributed by atoms with Crippen LogP contribution in [0.5, 0.6) is 0 Å². The summed E-state index contributed by atoms with van der Waals surface area (Å²) >= 11 is 1.37. The maximum atomic E-state index is 12.8. The molecule has 1 unspecified atom stereocenters. The normalized spacial score (nSPS) is 23.2. The Bertz CT molecular complexity index is 764. The summed E-state index contributed by atoms with van der Waals surface area (Å²) in [6, 6.07) is 13.2. The minimum absolute atomic E-state index is 0.0968. The van der Waals surface area contributed by atoms with Crippen molar-refractivity contribution in [2.45, 2.75) is 12.3 Å². The number of hydrogen-bond acceptors (Lipinski definition) is 3. The molecular weight excluding hydrogens is 280 g/mol. The molecule has 0 N–H and O–H groups in total. The van der Waals surface area contributed by atoms with Crippen LogP contribution in [-0.4, -0.2) is 12.9 Å². The predicted molar refractivity (Wildman–Crippen MR) is 85.6 cm³/mol. The minimum atomic E-state index is -0.807. The fourth-order valence-electron chi connectivity index (χ4n) is 2.35. The monoisotopic (exact) mass is 298 g/mol. The van der Waals surface area contributed by atoms with Gasteiger partial charge in [-0.05, 0) is 23.1 Å². The van der Waals surface area contributed by atoms with E-state index in [2.05, 4.69) is 0 Å². The van der Waals surface area contributed by atoms with E-state index in [1.807, 2.05) is 41.8 Å². The van der Waals surface area contributed by atoms with Crippen LogP contribution >= 0.6 is 11.3 Å². The van der Waals surface area contributed by atoms with Crippen molar-refractivity contribution >= 4 is 17.1 Å². The topological polar surface area (TPSA) is 26.3 Å². The van der Waals surface area contributed by atoms with Gasteiger partial charge in [-0.25, -0.2) is 0 Å². The van der Waals surface area contributed by atoms with Crippen molar-refractivity contribution in [3.05, 3.63) is 81.7 Å². The summed E-state index contributed by atoms with van der Waals surface area (Å²) in [5, 5.41) is 1.85. The van der Waals surface area contributed by atoms with E-state index < -0.39 is 12.3 Å². The fourth-order valence-corrected chi connectivity index (χ4v) is 3.03. The molecule has 1 heterocycles. The summed E-state index contributed by atoms with van der Waals surface area (Å²) in [5.74, 6) is -0.262. The largest absolute Gasteiger partial charge is 0.501 e. The maximum Gasteiger partial charge on any atom is 0.199 e. The molecule has 1 aliphatic carbocycles.